The zero-order chi connectivity index (χ0) is 25.3. The van der Waals surface area contributed by atoms with Gasteiger partial charge in [0, 0.05) is 24.5 Å². The van der Waals surface area contributed by atoms with Crippen molar-refractivity contribution in [2.24, 2.45) is 0 Å². The molecule has 36 heavy (non-hydrogen) atoms. The molecule has 1 saturated carbocycles. The summed E-state index contributed by atoms with van der Waals surface area (Å²) in [6, 6.07) is 3.37. The molecular formula is C22H24F2N8O2S2. The third-order valence-corrected chi connectivity index (χ3v) is 8.15. The van der Waals surface area contributed by atoms with Crippen molar-refractivity contribution < 1.29 is 18.4 Å². The molecule has 0 aromatic carbocycles. The fourth-order valence-electron chi connectivity index (χ4n) is 4.42. The number of rotatable bonds is 7. The van der Waals surface area contributed by atoms with Crippen LogP contribution < -0.4 is 15.5 Å². The van der Waals surface area contributed by atoms with E-state index in [0.717, 1.165) is 35.7 Å². The summed E-state index contributed by atoms with van der Waals surface area (Å²) in [5.41, 5.74) is 1.16. The number of aromatic nitrogens is 5. The van der Waals surface area contributed by atoms with Gasteiger partial charge in [0.15, 0.2) is 0 Å². The van der Waals surface area contributed by atoms with Gasteiger partial charge in [-0.3, -0.25) is 14.6 Å². The molecular weight excluding hydrogens is 510 g/mol. The summed E-state index contributed by atoms with van der Waals surface area (Å²) < 4.78 is 26.1. The lowest BCUT2D eigenvalue weighted by Gasteiger charge is -2.40. The number of carbonyl (C=O) groups is 2. The van der Waals surface area contributed by atoms with Crippen LogP contribution in [0.15, 0.2) is 18.3 Å². The molecule has 3 aromatic rings. The van der Waals surface area contributed by atoms with Gasteiger partial charge in [-0.15, -0.1) is 20.4 Å². The molecule has 190 valence electrons. The third-order valence-electron chi connectivity index (χ3n) is 6.14. The molecule has 2 unspecified atom stereocenters. The van der Waals surface area contributed by atoms with Crippen molar-refractivity contribution >= 4 is 50.4 Å². The molecule has 4 heterocycles. The quantitative estimate of drug-likeness (QED) is 0.469. The monoisotopic (exact) mass is 534 g/mol. The second kappa shape index (κ2) is 10.1. The first kappa shape index (κ1) is 24.6. The van der Waals surface area contributed by atoms with Crippen LogP contribution in [0.2, 0.25) is 0 Å². The van der Waals surface area contributed by atoms with Gasteiger partial charge in [-0.2, -0.15) is 0 Å². The lowest BCUT2D eigenvalue weighted by atomic mass is 9.82. The molecule has 5 rings (SSSR count). The van der Waals surface area contributed by atoms with Crippen LogP contribution >= 0.6 is 22.7 Å². The Hall–Kier alpha value is -3.13. The number of halogens is 2. The summed E-state index contributed by atoms with van der Waals surface area (Å²) in [5, 5.41) is 24.9. The Labute approximate surface area is 213 Å². The van der Waals surface area contributed by atoms with Crippen molar-refractivity contribution in [1.29, 1.82) is 0 Å². The first-order valence-corrected chi connectivity index (χ1v) is 13.2. The topological polar surface area (TPSA) is 126 Å². The molecule has 10 nitrogen and oxygen atoms in total. The summed E-state index contributed by atoms with van der Waals surface area (Å²) in [6.07, 6.45) is 5.41. The minimum atomic E-state index is -2.65. The number of anilines is 3. The van der Waals surface area contributed by atoms with Gasteiger partial charge < -0.3 is 15.5 Å². The van der Waals surface area contributed by atoms with Gasteiger partial charge >= 0.3 is 0 Å². The maximum atomic E-state index is 13.0. The second-order valence-corrected chi connectivity index (χ2v) is 11.1. The van der Waals surface area contributed by atoms with Crippen molar-refractivity contribution in [2.75, 3.05) is 28.6 Å². The summed E-state index contributed by atoms with van der Waals surface area (Å²) >= 11 is 2.76. The Balaban J connectivity index is 1.14. The van der Waals surface area contributed by atoms with Crippen LogP contribution in [0.4, 0.5) is 24.7 Å². The zero-order valence-corrected chi connectivity index (χ0v) is 21.0. The lowest BCUT2D eigenvalue weighted by molar-refractivity contribution is -0.116. The molecule has 2 amide bonds. The van der Waals surface area contributed by atoms with Crippen LogP contribution in [-0.2, 0) is 16.0 Å². The fraction of sp³-hybridized carbons (Fsp3) is 0.500. The van der Waals surface area contributed by atoms with Gasteiger partial charge in [0.25, 0.3) is 5.92 Å². The SMILES string of the molecule is CC(=O)Nc1nnc(C2CCCC(c3nnc(NC(=O)Cc4ccc(N5CC(F)(F)C5)cn4)s3)C2)s1. The molecule has 1 aliphatic heterocycles. The van der Waals surface area contributed by atoms with Crippen LogP contribution in [0.3, 0.4) is 0 Å². The molecule has 14 heteroatoms. The van der Waals surface area contributed by atoms with Crippen LogP contribution in [0.5, 0.6) is 0 Å². The maximum absolute atomic E-state index is 13.0. The standard InChI is InChI=1S/C22H24F2N8O2S2/c1-12(33)26-20-30-28-18(35-20)13-3-2-4-14(7-13)19-29-31-21(36-19)27-17(34)8-15-5-6-16(9-25-15)32-10-22(23,24)11-32/h5-6,9,13-14H,2-4,7-8,10-11H2,1H3,(H,26,30,33)(H,27,31,34). The van der Waals surface area contributed by atoms with Crippen LogP contribution in [0.1, 0.15) is 60.2 Å². The molecule has 0 spiro atoms. The van der Waals surface area contributed by atoms with E-state index in [1.807, 2.05) is 0 Å². The van der Waals surface area contributed by atoms with Crippen molar-refractivity contribution in [3.05, 3.63) is 34.0 Å². The molecule has 2 fully saturated rings. The highest BCUT2D eigenvalue weighted by atomic mass is 32.1. The number of nitrogens with one attached hydrogen (secondary N) is 2. The largest absolute Gasteiger partial charge is 0.358 e. The van der Waals surface area contributed by atoms with E-state index in [2.05, 4.69) is 36.0 Å². The van der Waals surface area contributed by atoms with Gasteiger partial charge in [0.2, 0.25) is 22.1 Å². The van der Waals surface area contributed by atoms with E-state index in [1.165, 1.54) is 35.8 Å². The Morgan fingerprint density at radius 2 is 1.67 bits per heavy atom. The summed E-state index contributed by atoms with van der Waals surface area (Å²) in [7, 11) is 0. The number of carbonyl (C=O) groups excluding carboxylic acids is 2. The Morgan fingerprint density at radius 1 is 1.03 bits per heavy atom. The van der Waals surface area contributed by atoms with Crippen molar-refractivity contribution in [3.63, 3.8) is 0 Å². The number of pyridine rings is 1. The van der Waals surface area contributed by atoms with Gasteiger partial charge in [-0.05, 0) is 31.4 Å². The molecule has 2 aliphatic rings. The Bertz CT molecular complexity index is 1240. The smallest absolute Gasteiger partial charge is 0.282 e. The van der Waals surface area contributed by atoms with E-state index >= 15 is 0 Å². The third kappa shape index (κ3) is 5.81. The molecule has 0 radical (unpaired) electrons. The number of hydrogen-bond donors (Lipinski definition) is 2. The Morgan fingerprint density at radius 3 is 2.22 bits per heavy atom. The number of amides is 2. The number of nitrogens with zero attached hydrogens (tertiary/aromatic N) is 6. The predicted octanol–water partition coefficient (Wildman–Crippen LogP) is 3.82. The molecule has 1 saturated heterocycles. The van der Waals surface area contributed by atoms with E-state index in [-0.39, 0.29) is 43.2 Å². The minimum Gasteiger partial charge on any atom is -0.358 e. The average molecular weight is 535 g/mol. The number of alkyl halides is 2. The first-order chi connectivity index (χ1) is 17.2. The average Bonchev–Trinajstić information content (AvgIpc) is 3.47. The van der Waals surface area contributed by atoms with Crippen molar-refractivity contribution in [2.45, 2.75) is 56.8 Å². The second-order valence-electron chi connectivity index (χ2n) is 9.08. The maximum Gasteiger partial charge on any atom is 0.282 e. The highest BCUT2D eigenvalue weighted by Gasteiger charge is 2.44. The molecule has 3 aromatic heterocycles. The zero-order valence-electron chi connectivity index (χ0n) is 19.4. The summed E-state index contributed by atoms with van der Waals surface area (Å²) in [5.74, 6) is -2.64. The van der Waals surface area contributed by atoms with Gasteiger partial charge in [-0.25, -0.2) is 8.78 Å². The molecule has 0 bridgehead atoms. The van der Waals surface area contributed by atoms with E-state index < -0.39 is 5.92 Å². The van der Waals surface area contributed by atoms with Crippen LogP contribution in [0.25, 0.3) is 0 Å². The van der Waals surface area contributed by atoms with Crippen molar-refractivity contribution in [3.8, 4) is 0 Å². The van der Waals surface area contributed by atoms with E-state index in [0.29, 0.717) is 21.6 Å². The number of hydrogen-bond acceptors (Lipinski definition) is 10. The van der Waals surface area contributed by atoms with E-state index in [4.69, 9.17) is 0 Å². The lowest BCUT2D eigenvalue weighted by Crippen LogP contribution is -2.56. The fourth-order valence-corrected chi connectivity index (χ4v) is 6.26. The summed E-state index contributed by atoms with van der Waals surface area (Å²) in [4.78, 5) is 29.5. The predicted molar refractivity (Wildman–Crippen MR) is 132 cm³/mol. The van der Waals surface area contributed by atoms with Gasteiger partial charge in [-0.1, -0.05) is 29.1 Å². The van der Waals surface area contributed by atoms with Gasteiger partial charge in [0.1, 0.15) is 10.0 Å². The molecule has 1 aliphatic carbocycles. The van der Waals surface area contributed by atoms with Crippen molar-refractivity contribution in [1.82, 2.24) is 25.4 Å². The normalized spacial score (nSPS) is 21.0. The van der Waals surface area contributed by atoms with Crippen LogP contribution in [-0.4, -0.2) is 56.2 Å². The highest BCUT2D eigenvalue weighted by Crippen LogP contribution is 2.43. The highest BCUT2D eigenvalue weighted by molar-refractivity contribution is 7.15. The molecule has 2 atom stereocenters. The molecule has 2 N–H and O–H groups in total. The minimum absolute atomic E-state index is 0.0462. The van der Waals surface area contributed by atoms with E-state index in [9.17, 15) is 18.4 Å². The van der Waals surface area contributed by atoms with Crippen LogP contribution in [0, 0.1) is 0 Å². The first-order valence-electron chi connectivity index (χ1n) is 11.6. The summed E-state index contributed by atoms with van der Waals surface area (Å²) in [6.45, 7) is 0.818. The Kier molecular flexibility index (Phi) is 6.88. The van der Waals surface area contributed by atoms with E-state index in [1.54, 1.807) is 17.0 Å². The van der Waals surface area contributed by atoms with Gasteiger partial charge in [0.05, 0.1) is 31.4 Å².